The second-order valence-electron chi connectivity index (χ2n) is 7.72. The zero-order valence-electron chi connectivity index (χ0n) is 18.9. The number of amides is 1. The molecule has 34 heavy (non-hydrogen) atoms. The molecule has 0 aliphatic carbocycles. The first-order valence-electron chi connectivity index (χ1n) is 10.6. The summed E-state index contributed by atoms with van der Waals surface area (Å²) in [5.41, 5.74) is 3.81. The van der Waals surface area contributed by atoms with E-state index in [4.69, 9.17) is 4.74 Å². The SMILES string of the molecule is Cc1ccc(/C=C/S(=O)(=O)NCC(=O)OC(C(=O)Nc2ccc(C)cc2)c2ccccc2)cc1. The van der Waals surface area contributed by atoms with Gasteiger partial charge in [-0.3, -0.25) is 9.59 Å². The molecule has 1 atom stereocenters. The van der Waals surface area contributed by atoms with E-state index >= 15 is 0 Å². The van der Waals surface area contributed by atoms with Gasteiger partial charge in [0.15, 0.2) is 0 Å². The molecule has 0 aromatic heterocycles. The van der Waals surface area contributed by atoms with Crippen LogP contribution >= 0.6 is 0 Å². The number of nitrogens with one attached hydrogen (secondary N) is 2. The molecular weight excluding hydrogens is 452 g/mol. The molecule has 0 bridgehead atoms. The number of esters is 1. The van der Waals surface area contributed by atoms with Crippen molar-refractivity contribution in [3.63, 3.8) is 0 Å². The van der Waals surface area contributed by atoms with Crippen molar-refractivity contribution in [2.75, 3.05) is 11.9 Å². The molecule has 3 aromatic carbocycles. The molecule has 0 aliphatic rings. The molecule has 0 spiro atoms. The highest BCUT2D eigenvalue weighted by Gasteiger charge is 2.25. The van der Waals surface area contributed by atoms with Crippen molar-refractivity contribution >= 4 is 33.7 Å². The smallest absolute Gasteiger partial charge is 0.322 e. The van der Waals surface area contributed by atoms with Crippen LogP contribution in [0.15, 0.2) is 84.3 Å². The second kappa shape index (κ2) is 11.4. The zero-order chi connectivity index (χ0) is 24.6. The summed E-state index contributed by atoms with van der Waals surface area (Å²) in [4.78, 5) is 25.3. The largest absolute Gasteiger partial charge is 0.446 e. The van der Waals surface area contributed by atoms with E-state index in [2.05, 4.69) is 10.0 Å². The van der Waals surface area contributed by atoms with Crippen LogP contribution in [0.4, 0.5) is 5.69 Å². The van der Waals surface area contributed by atoms with E-state index in [0.29, 0.717) is 16.8 Å². The van der Waals surface area contributed by atoms with Crippen LogP contribution in [-0.4, -0.2) is 26.8 Å². The number of ether oxygens (including phenoxy) is 1. The number of carbonyl (C=O) groups is 2. The van der Waals surface area contributed by atoms with Gasteiger partial charge in [0.05, 0.1) is 0 Å². The quantitative estimate of drug-likeness (QED) is 0.451. The van der Waals surface area contributed by atoms with Crippen molar-refractivity contribution in [1.29, 1.82) is 0 Å². The van der Waals surface area contributed by atoms with Gasteiger partial charge in [0.1, 0.15) is 6.54 Å². The molecule has 0 aliphatic heterocycles. The number of rotatable bonds is 9. The van der Waals surface area contributed by atoms with Gasteiger partial charge in [-0.15, -0.1) is 0 Å². The minimum absolute atomic E-state index is 0.461. The van der Waals surface area contributed by atoms with Gasteiger partial charge >= 0.3 is 5.97 Å². The van der Waals surface area contributed by atoms with Crippen LogP contribution in [0.5, 0.6) is 0 Å². The third-order valence-corrected chi connectivity index (χ3v) is 5.88. The first kappa shape index (κ1) is 24.9. The predicted molar refractivity (Wildman–Crippen MR) is 132 cm³/mol. The van der Waals surface area contributed by atoms with Gasteiger partial charge < -0.3 is 10.1 Å². The molecule has 3 aromatic rings. The van der Waals surface area contributed by atoms with Gasteiger partial charge in [-0.25, -0.2) is 13.1 Å². The number of sulfonamides is 1. The Morgan fingerprint density at radius 3 is 2.09 bits per heavy atom. The second-order valence-corrected chi connectivity index (χ2v) is 9.37. The third-order valence-electron chi connectivity index (χ3n) is 4.84. The Morgan fingerprint density at radius 1 is 0.882 bits per heavy atom. The topological polar surface area (TPSA) is 102 Å². The monoisotopic (exact) mass is 478 g/mol. The summed E-state index contributed by atoms with van der Waals surface area (Å²) >= 11 is 0. The highest BCUT2D eigenvalue weighted by molar-refractivity contribution is 7.92. The van der Waals surface area contributed by atoms with E-state index < -0.39 is 34.5 Å². The number of aryl methyl sites for hydroxylation is 2. The average Bonchev–Trinajstić information content (AvgIpc) is 2.83. The van der Waals surface area contributed by atoms with E-state index in [1.165, 1.54) is 6.08 Å². The van der Waals surface area contributed by atoms with Gasteiger partial charge in [-0.05, 0) is 37.6 Å². The lowest BCUT2D eigenvalue weighted by Crippen LogP contribution is -2.32. The highest BCUT2D eigenvalue weighted by atomic mass is 32.2. The summed E-state index contributed by atoms with van der Waals surface area (Å²) in [7, 11) is -3.89. The molecular formula is C26H26N2O5S. The maximum atomic E-state index is 12.9. The molecule has 0 radical (unpaired) electrons. The van der Waals surface area contributed by atoms with Crippen molar-refractivity contribution in [2.45, 2.75) is 20.0 Å². The number of hydrogen-bond donors (Lipinski definition) is 2. The Balaban J connectivity index is 1.64. The van der Waals surface area contributed by atoms with Gasteiger partial charge in [0, 0.05) is 16.7 Å². The fourth-order valence-electron chi connectivity index (χ4n) is 2.97. The summed E-state index contributed by atoms with van der Waals surface area (Å²) in [5.74, 6) is -1.44. The van der Waals surface area contributed by atoms with Crippen LogP contribution < -0.4 is 10.0 Å². The Morgan fingerprint density at radius 2 is 1.47 bits per heavy atom. The zero-order valence-corrected chi connectivity index (χ0v) is 19.7. The Kier molecular flexibility index (Phi) is 8.34. The summed E-state index contributed by atoms with van der Waals surface area (Å²) in [6, 6.07) is 23.0. The minimum atomic E-state index is -3.89. The Bertz CT molecular complexity index is 1250. The van der Waals surface area contributed by atoms with Gasteiger partial charge in [0.2, 0.25) is 16.1 Å². The van der Waals surface area contributed by atoms with E-state index in [1.807, 2.05) is 38.1 Å². The number of hydrogen-bond acceptors (Lipinski definition) is 5. The number of benzene rings is 3. The summed E-state index contributed by atoms with van der Waals surface area (Å²) in [6.45, 7) is 3.24. The van der Waals surface area contributed by atoms with E-state index in [-0.39, 0.29) is 0 Å². The molecule has 176 valence electrons. The first-order chi connectivity index (χ1) is 16.2. The van der Waals surface area contributed by atoms with Crippen LogP contribution in [-0.2, 0) is 24.3 Å². The Labute approximate surface area is 199 Å². The van der Waals surface area contributed by atoms with Crippen molar-refractivity contribution in [3.05, 3.63) is 107 Å². The van der Waals surface area contributed by atoms with Gasteiger partial charge in [-0.2, -0.15) is 0 Å². The van der Waals surface area contributed by atoms with Gasteiger partial charge in [-0.1, -0.05) is 77.9 Å². The lowest BCUT2D eigenvalue weighted by Gasteiger charge is -2.18. The maximum Gasteiger partial charge on any atom is 0.322 e. The summed E-state index contributed by atoms with van der Waals surface area (Å²) in [5, 5.41) is 3.70. The molecule has 0 saturated carbocycles. The average molecular weight is 479 g/mol. The van der Waals surface area contributed by atoms with Crippen LogP contribution in [0.25, 0.3) is 6.08 Å². The lowest BCUT2D eigenvalue weighted by atomic mass is 10.1. The van der Waals surface area contributed by atoms with Crippen molar-refractivity contribution in [2.24, 2.45) is 0 Å². The van der Waals surface area contributed by atoms with Crippen molar-refractivity contribution < 1.29 is 22.7 Å². The lowest BCUT2D eigenvalue weighted by molar-refractivity contribution is -0.153. The summed E-state index contributed by atoms with van der Waals surface area (Å²) < 4.78 is 32.0. The van der Waals surface area contributed by atoms with Crippen molar-refractivity contribution in [1.82, 2.24) is 4.72 Å². The molecule has 0 fully saturated rings. The molecule has 1 unspecified atom stereocenters. The maximum absolute atomic E-state index is 12.9. The van der Waals surface area contributed by atoms with Crippen LogP contribution in [0.3, 0.4) is 0 Å². The summed E-state index contributed by atoms with van der Waals surface area (Å²) in [6.07, 6.45) is 0.178. The third kappa shape index (κ3) is 7.68. The molecule has 8 heteroatoms. The van der Waals surface area contributed by atoms with E-state index in [1.54, 1.807) is 54.6 Å². The molecule has 0 saturated heterocycles. The molecule has 3 rings (SSSR count). The first-order valence-corrected chi connectivity index (χ1v) is 12.1. The normalized spacial score (nSPS) is 12.3. The fraction of sp³-hybridized carbons (Fsp3) is 0.154. The van der Waals surface area contributed by atoms with Crippen LogP contribution in [0.1, 0.15) is 28.4 Å². The molecule has 0 heterocycles. The standard InChI is InChI=1S/C26H26N2O5S/c1-19-8-12-21(13-9-19)16-17-34(31,32)27-18-24(29)33-25(22-6-4-3-5-7-22)26(30)28-23-14-10-20(2)11-15-23/h3-17,25,27H,18H2,1-2H3,(H,28,30)/b17-16+. The fourth-order valence-corrected chi connectivity index (χ4v) is 3.72. The molecule has 1 amide bonds. The number of anilines is 1. The molecule has 2 N–H and O–H groups in total. The van der Waals surface area contributed by atoms with E-state index in [9.17, 15) is 18.0 Å². The predicted octanol–water partition coefficient (Wildman–Crippen LogP) is 4.12. The van der Waals surface area contributed by atoms with Crippen LogP contribution in [0, 0.1) is 13.8 Å². The van der Waals surface area contributed by atoms with Gasteiger partial charge in [0.25, 0.3) is 5.91 Å². The number of carbonyl (C=O) groups excluding carboxylic acids is 2. The minimum Gasteiger partial charge on any atom is -0.446 e. The Hall–Kier alpha value is -3.75. The van der Waals surface area contributed by atoms with E-state index in [0.717, 1.165) is 16.5 Å². The van der Waals surface area contributed by atoms with Crippen molar-refractivity contribution in [3.8, 4) is 0 Å². The highest BCUT2D eigenvalue weighted by Crippen LogP contribution is 2.20. The molecule has 7 nitrogen and oxygen atoms in total. The van der Waals surface area contributed by atoms with Crippen LogP contribution in [0.2, 0.25) is 0 Å².